The molecule has 2 aliphatic carbocycles. The number of nitro benzene ring substituents is 1. The molecule has 3 atom stereocenters. The van der Waals surface area contributed by atoms with Gasteiger partial charge in [0.05, 0.1) is 4.92 Å². The van der Waals surface area contributed by atoms with Gasteiger partial charge in [0.25, 0.3) is 5.69 Å². The third-order valence-electron chi connectivity index (χ3n) is 4.47. The predicted molar refractivity (Wildman–Crippen MR) is 84.8 cm³/mol. The van der Waals surface area contributed by atoms with Gasteiger partial charge in [-0.3, -0.25) is 21.0 Å². The molecule has 2 bridgehead atoms. The molecule has 112 valence electrons. The quantitative estimate of drug-likeness (QED) is 0.451. The molecule has 0 aromatic heterocycles. The third kappa shape index (κ3) is 3.07. The number of thiocarbonyl (C=S) groups is 1. The standard InChI is InChI=1S/C14H18N4O2S/c19-18(20)13-4-2-1-3-11(13)16-17-14(21)15-12-8-9-5-6-10(12)7-9/h1-4,9-10,12,16H,5-8H2,(H2,15,17,21)/t9-,10-,12+/m0/s1. The summed E-state index contributed by atoms with van der Waals surface area (Å²) in [5.74, 6) is 1.57. The van der Waals surface area contributed by atoms with Crippen LogP contribution in [0.1, 0.15) is 25.7 Å². The number of hydrogen-bond donors (Lipinski definition) is 3. The average Bonchev–Trinajstić information content (AvgIpc) is 3.08. The first-order valence-corrected chi connectivity index (χ1v) is 7.60. The van der Waals surface area contributed by atoms with Crippen LogP contribution in [0.15, 0.2) is 24.3 Å². The van der Waals surface area contributed by atoms with Gasteiger partial charge in [0.2, 0.25) is 0 Å². The molecule has 0 unspecified atom stereocenters. The monoisotopic (exact) mass is 306 g/mol. The molecule has 1 aromatic carbocycles. The van der Waals surface area contributed by atoms with Gasteiger partial charge in [-0.2, -0.15) is 0 Å². The first kappa shape index (κ1) is 14.1. The van der Waals surface area contributed by atoms with Crippen molar-refractivity contribution in [3.8, 4) is 0 Å². The molecule has 21 heavy (non-hydrogen) atoms. The van der Waals surface area contributed by atoms with Gasteiger partial charge in [0.1, 0.15) is 5.69 Å². The van der Waals surface area contributed by atoms with Gasteiger partial charge in [0.15, 0.2) is 5.11 Å². The lowest BCUT2D eigenvalue weighted by Gasteiger charge is -2.24. The second-order valence-corrected chi connectivity index (χ2v) is 6.19. The number of hydrazine groups is 1. The number of para-hydroxylation sites is 2. The summed E-state index contributed by atoms with van der Waals surface area (Å²) in [6, 6.07) is 6.91. The summed E-state index contributed by atoms with van der Waals surface area (Å²) < 4.78 is 0. The van der Waals surface area contributed by atoms with E-state index in [0.29, 0.717) is 16.8 Å². The van der Waals surface area contributed by atoms with Crippen LogP contribution in [0.2, 0.25) is 0 Å². The lowest BCUT2D eigenvalue weighted by Crippen LogP contribution is -2.46. The SMILES string of the molecule is O=[N+]([O-])c1ccccc1NNC(=S)N[C@@H]1C[C@H]2CC[C@H]1C2. The highest BCUT2D eigenvalue weighted by atomic mass is 32.1. The number of fused-ring (bicyclic) bond motifs is 2. The van der Waals surface area contributed by atoms with Crippen molar-refractivity contribution in [2.75, 3.05) is 5.43 Å². The molecule has 0 radical (unpaired) electrons. The van der Waals surface area contributed by atoms with E-state index >= 15 is 0 Å². The first-order chi connectivity index (χ1) is 10.1. The van der Waals surface area contributed by atoms with Crippen LogP contribution < -0.4 is 16.2 Å². The molecule has 2 aliphatic rings. The maximum absolute atomic E-state index is 10.9. The Labute approximate surface area is 128 Å². The zero-order valence-corrected chi connectivity index (χ0v) is 12.4. The smallest absolute Gasteiger partial charge is 0.294 e. The van der Waals surface area contributed by atoms with Gasteiger partial charge in [-0.25, -0.2) is 0 Å². The van der Waals surface area contributed by atoms with E-state index in [1.165, 1.54) is 31.7 Å². The van der Waals surface area contributed by atoms with Crippen molar-refractivity contribution in [1.29, 1.82) is 0 Å². The van der Waals surface area contributed by atoms with Crippen molar-refractivity contribution >= 4 is 28.7 Å². The fourth-order valence-electron chi connectivity index (χ4n) is 3.49. The maximum atomic E-state index is 10.9. The second kappa shape index (κ2) is 5.85. The van der Waals surface area contributed by atoms with Crippen molar-refractivity contribution in [1.82, 2.24) is 10.7 Å². The Morgan fingerprint density at radius 1 is 1.29 bits per heavy atom. The fraction of sp³-hybridized carbons (Fsp3) is 0.500. The van der Waals surface area contributed by atoms with E-state index in [2.05, 4.69) is 16.2 Å². The highest BCUT2D eigenvalue weighted by molar-refractivity contribution is 7.80. The van der Waals surface area contributed by atoms with Gasteiger partial charge >= 0.3 is 0 Å². The van der Waals surface area contributed by atoms with Gasteiger partial charge in [-0.05, 0) is 49.4 Å². The lowest BCUT2D eigenvalue weighted by atomic mass is 9.96. The second-order valence-electron chi connectivity index (χ2n) is 5.78. The minimum absolute atomic E-state index is 0.0210. The molecule has 0 amide bonds. The lowest BCUT2D eigenvalue weighted by molar-refractivity contribution is -0.384. The normalized spacial score (nSPS) is 26.4. The number of nitrogens with zero attached hydrogens (tertiary/aromatic N) is 1. The van der Waals surface area contributed by atoms with E-state index in [0.717, 1.165) is 11.8 Å². The van der Waals surface area contributed by atoms with Gasteiger partial charge in [0, 0.05) is 12.1 Å². The van der Waals surface area contributed by atoms with Crippen molar-refractivity contribution in [2.45, 2.75) is 31.7 Å². The molecule has 6 nitrogen and oxygen atoms in total. The predicted octanol–water partition coefficient (Wildman–Crippen LogP) is 2.57. The third-order valence-corrected chi connectivity index (χ3v) is 4.69. The van der Waals surface area contributed by atoms with Crippen LogP contribution in [0.3, 0.4) is 0 Å². The molecule has 0 heterocycles. The Morgan fingerprint density at radius 2 is 2.10 bits per heavy atom. The summed E-state index contributed by atoms with van der Waals surface area (Å²) in [5, 5.41) is 14.7. The van der Waals surface area contributed by atoms with E-state index in [9.17, 15) is 10.1 Å². The Balaban J connectivity index is 1.53. The summed E-state index contributed by atoms with van der Waals surface area (Å²) in [5.41, 5.74) is 6.09. The van der Waals surface area contributed by atoms with E-state index in [4.69, 9.17) is 12.2 Å². The van der Waals surface area contributed by atoms with Crippen LogP contribution in [0.25, 0.3) is 0 Å². The number of nitrogens with one attached hydrogen (secondary N) is 3. The largest absolute Gasteiger partial charge is 0.358 e. The topological polar surface area (TPSA) is 79.2 Å². The number of hydrogen-bond acceptors (Lipinski definition) is 4. The number of rotatable bonds is 4. The van der Waals surface area contributed by atoms with Gasteiger partial charge < -0.3 is 5.32 Å². The highest BCUT2D eigenvalue weighted by Crippen LogP contribution is 2.44. The number of anilines is 1. The molecular weight excluding hydrogens is 288 g/mol. The van der Waals surface area contributed by atoms with E-state index in [-0.39, 0.29) is 5.69 Å². The minimum atomic E-state index is -0.420. The molecule has 2 fully saturated rings. The van der Waals surface area contributed by atoms with E-state index in [1.807, 2.05) is 0 Å². The van der Waals surface area contributed by atoms with Crippen LogP contribution in [-0.4, -0.2) is 16.1 Å². The Kier molecular flexibility index (Phi) is 3.92. The number of benzene rings is 1. The molecule has 3 rings (SSSR count). The molecule has 7 heteroatoms. The molecule has 0 aliphatic heterocycles. The zero-order chi connectivity index (χ0) is 14.8. The van der Waals surface area contributed by atoms with Crippen LogP contribution >= 0.6 is 12.2 Å². The van der Waals surface area contributed by atoms with Gasteiger partial charge in [-0.1, -0.05) is 18.6 Å². The zero-order valence-electron chi connectivity index (χ0n) is 11.5. The summed E-state index contributed by atoms with van der Waals surface area (Å²) in [4.78, 5) is 10.5. The van der Waals surface area contributed by atoms with Crippen LogP contribution in [0.5, 0.6) is 0 Å². The average molecular weight is 306 g/mol. The highest BCUT2D eigenvalue weighted by Gasteiger charge is 2.39. The molecular formula is C14H18N4O2S. The van der Waals surface area contributed by atoms with Crippen LogP contribution in [0, 0.1) is 22.0 Å². The summed E-state index contributed by atoms with van der Waals surface area (Å²) in [6.45, 7) is 0. The maximum Gasteiger partial charge on any atom is 0.294 e. The van der Waals surface area contributed by atoms with Crippen LogP contribution in [-0.2, 0) is 0 Å². The Morgan fingerprint density at radius 3 is 2.76 bits per heavy atom. The van der Waals surface area contributed by atoms with E-state index < -0.39 is 4.92 Å². The van der Waals surface area contributed by atoms with Crippen molar-refractivity contribution in [3.05, 3.63) is 34.4 Å². The summed E-state index contributed by atoms with van der Waals surface area (Å²) >= 11 is 5.26. The Bertz CT molecular complexity index is 566. The van der Waals surface area contributed by atoms with E-state index in [1.54, 1.807) is 18.2 Å². The van der Waals surface area contributed by atoms with Crippen molar-refractivity contribution < 1.29 is 4.92 Å². The van der Waals surface area contributed by atoms with Crippen molar-refractivity contribution in [3.63, 3.8) is 0 Å². The van der Waals surface area contributed by atoms with Crippen LogP contribution in [0.4, 0.5) is 11.4 Å². The molecule has 2 saturated carbocycles. The molecule has 1 aromatic rings. The number of nitro groups is 1. The van der Waals surface area contributed by atoms with Crippen molar-refractivity contribution in [2.24, 2.45) is 11.8 Å². The summed E-state index contributed by atoms with van der Waals surface area (Å²) in [7, 11) is 0. The fourth-order valence-corrected chi connectivity index (χ4v) is 3.69. The first-order valence-electron chi connectivity index (χ1n) is 7.19. The Hall–Kier alpha value is -1.89. The molecule has 0 saturated heterocycles. The van der Waals surface area contributed by atoms with Gasteiger partial charge in [-0.15, -0.1) is 0 Å². The summed E-state index contributed by atoms with van der Waals surface area (Å²) in [6.07, 6.45) is 5.11. The molecule has 3 N–H and O–H groups in total. The minimum Gasteiger partial charge on any atom is -0.358 e. The molecule has 0 spiro atoms.